The topological polar surface area (TPSA) is 94.6 Å². The molecule has 1 atom stereocenters. The summed E-state index contributed by atoms with van der Waals surface area (Å²) in [6, 6.07) is 31.7. The van der Waals surface area contributed by atoms with Gasteiger partial charge in [0.25, 0.3) is 0 Å². The second kappa shape index (κ2) is 10.4. The molecule has 1 unspecified atom stereocenters. The van der Waals surface area contributed by atoms with Crippen LogP contribution in [0.25, 0.3) is 0 Å². The number of carbonyl (C=O) groups excluding carboxylic acids is 1. The Morgan fingerprint density at radius 1 is 0.872 bits per heavy atom. The highest BCUT2D eigenvalue weighted by Crippen LogP contribution is 2.44. The van der Waals surface area contributed by atoms with Crippen molar-refractivity contribution in [3.8, 4) is 29.1 Å². The summed E-state index contributed by atoms with van der Waals surface area (Å²) in [5.74, 6) is 1.11. The number of esters is 1. The number of allylic oxidation sites excluding steroid dienone is 1. The SMILES string of the molecule is CC(C)(C)c1ccc(C(=O)Oc2ccc3c(c2)OC(N)=C(C#N)C3c2cccc(Oc3ccccc3)c2)cc1. The average Bonchev–Trinajstić information content (AvgIpc) is 2.92. The predicted molar refractivity (Wildman–Crippen MR) is 149 cm³/mol. The van der Waals surface area contributed by atoms with Gasteiger partial charge in [0, 0.05) is 11.6 Å². The number of nitrogens with zero attached hydrogens (tertiary/aromatic N) is 1. The van der Waals surface area contributed by atoms with E-state index < -0.39 is 11.9 Å². The largest absolute Gasteiger partial charge is 0.457 e. The minimum absolute atomic E-state index is 0.00521. The summed E-state index contributed by atoms with van der Waals surface area (Å²) in [7, 11) is 0. The highest BCUT2D eigenvalue weighted by Gasteiger charge is 2.31. The number of hydrogen-bond donors (Lipinski definition) is 1. The Bertz CT molecular complexity index is 1590. The van der Waals surface area contributed by atoms with E-state index in [-0.39, 0.29) is 11.3 Å². The van der Waals surface area contributed by atoms with Crippen LogP contribution in [0, 0.1) is 11.3 Å². The highest BCUT2D eigenvalue weighted by atomic mass is 16.5. The Morgan fingerprint density at radius 2 is 1.59 bits per heavy atom. The van der Waals surface area contributed by atoms with Crippen LogP contribution in [0.2, 0.25) is 0 Å². The van der Waals surface area contributed by atoms with Gasteiger partial charge in [-0.05, 0) is 59.0 Å². The van der Waals surface area contributed by atoms with E-state index in [1.807, 2.05) is 66.7 Å². The summed E-state index contributed by atoms with van der Waals surface area (Å²) in [6.07, 6.45) is 0. The fraction of sp³-hybridized carbons (Fsp3) is 0.152. The molecule has 0 saturated carbocycles. The smallest absolute Gasteiger partial charge is 0.343 e. The molecule has 4 aromatic carbocycles. The zero-order valence-corrected chi connectivity index (χ0v) is 22.0. The average molecular weight is 517 g/mol. The van der Waals surface area contributed by atoms with E-state index in [2.05, 4.69) is 26.8 Å². The van der Waals surface area contributed by atoms with E-state index in [4.69, 9.17) is 19.9 Å². The van der Waals surface area contributed by atoms with Crippen molar-refractivity contribution in [1.29, 1.82) is 5.26 Å². The fourth-order valence-corrected chi connectivity index (χ4v) is 4.50. The Labute approximate surface area is 227 Å². The zero-order valence-electron chi connectivity index (χ0n) is 22.0. The van der Waals surface area contributed by atoms with Gasteiger partial charge < -0.3 is 19.9 Å². The number of nitriles is 1. The molecule has 39 heavy (non-hydrogen) atoms. The maximum Gasteiger partial charge on any atom is 0.343 e. The van der Waals surface area contributed by atoms with Crippen LogP contribution in [0.3, 0.4) is 0 Å². The van der Waals surface area contributed by atoms with Crippen LogP contribution < -0.4 is 19.9 Å². The van der Waals surface area contributed by atoms with E-state index in [1.54, 1.807) is 30.3 Å². The Morgan fingerprint density at radius 3 is 2.28 bits per heavy atom. The maximum atomic E-state index is 12.8. The fourth-order valence-electron chi connectivity index (χ4n) is 4.50. The molecule has 6 heteroatoms. The van der Waals surface area contributed by atoms with Crippen LogP contribution in [0.4, 0.5) is 0 Å². The molecule has 0 spiro atoms. The van der Waals surface area contributed by atoms with E-state index >= 15 is 0 Å². The van der Waals surface area contributed by atoms with Crippen molar-refractivity contribution in [2.75, 3.05) is 0 Å². The van der Waals surface area contributed by atoms with Gasteiger partial charge in [0.2, 0.25) is 5.88 Å². The van der Waals surface area contributed by atoms with Crippen molar-refractivity contribution >= 4 is 5.97 Å². The van der Waals surface area contributed by atoms with Crippen LogP contribution >= 0.6 is 0 Å². The molecule has 1 aliphatic heterocycles. The summed E-state index contributed by atoms with van der Waals surface area (Å²) in [5, 5.41) is 9.92. The summed E-state index contributed by atoms with van der Waals surface area (Å²) < 4.78 is 17.5. The molecule has 1 aliphatic rings. The monoisotopic (exact) mass is 516 g/mol. The van der Waals surface area contributed by atoms with Crippen molar-refractivity contribution in [3.63, 3.8) is 0 Å². The lowest BCUT2D eigenvalue weighted by atomic mass is 9.83. The van der Waals surface area contributed by atoms with E-state index in [9.17, 15) is 10.1 Å². The third kappa shape index (κ3) is 5.48. The first kappa shape index (κ1) is 25.6. The van der Waals surface area contributed by atoms with Crippen molar-refractivity contribution in [2.45, 2.75) is 32.1 Å². The first-order valence-electron chi connectivity index (χ1n) is 12.6. The number of para-hydroxylation sites is 1. The number of carbonyl (C=O) groups is 1. The summed E-state index contributed by atoms with van der Waals surface area (Å²) in [5.41, 5.74) is 9.58. The Kier molecular flexibility index (Phi) is 6.83. The van der Waals surface area contributed by atoms with Gasteiger partial charge in [-0.2, -0.15) is 5.26 Å². The molecule has 0 amide bonds. The lowest BCUT2D eigenvalue weighted by Gasteiger charge is -2.27. The second-order valence-electron chi connectivity index (χ2n) is 10.3. The lowest BCUT2D eigenvalue weighted by molar-refractivity contribution is 0.0734. The molecule has 5 rings (SSSR count). The number of fused-ring (bicyclic) bond motifs is 1. The second-order valence-corrected chi connectivity index (χ2v) is 10.3. The minimum Gasteiger partial charge on any atom is -0.457 e. The Balaban J connectivity index is 1.42. The van der Waals surface area contributed by atoms with E-state index in [0.29, 0.717) is 34.1 Å². The molecule has 0 bridgehead atoms. The number of hydrogen-bond acceptors (Lipinski definition) is 6. The third-order valence-corrected chi connectivity index (χ3v) is 6.56. The van der Waals surface area contributed by atoms with Crippen LogP contribution in [-0.2, 0) is 5.41 Å². The molecule has 0 radical (unpaired) electrons. The van der Waals surface area contributed by atoms with Gasteiger partial charge in [0.05, 0.1) is 11.5 Å². The lowest BCUT2D eigenvalue weighted by Crippen LogP contribution is -2.21. The van der Waals surface area contributed by atoms with Gasteiger partial charge in [0.1, 0.15) is 34.6 Å². The van der Waals surface area contributed by atoms with E-state index in [0.717, 1.165) is 16.7 Å². The van der Waals surface area contributed by atoms with Crippen molar-refractivity contribution in [3.05, 3.63) is 131 Å². The standard InChI is InChI=1S/C33H28N2O4/c1-33(2,3)23-14-12-21(13-15-23)32(36)38-26-16-17-27-29(19-26)39-31(35)28(20-34)30(27)22-8-7-11-25(18-22)37-24-9-5-4-6-10-24/h4-19,30H,35H2,1-3H3. The van der Waals surface area contributed by atoms with Crippen molar-refractivity contribution in [2.24, 2.45) is 5.73 Å². The van der Waals surface area contributed by atoms with Crippen LogP contribution in [0.15, 0.2) is 109 Å². The van der Waals surface area contributed by atoms with Crippen molar-refractivity contribution in [1.82, 2.24) is 0 Å². The zero-order chi connectivity index (χ0) is 27.6. The molecule has 2 N–H and O–H groups in total. The highest BCUT2D eigenvalue weighted by molar-refractivity contribution is 5.91. The van der Waals surface area contributed by atoms with Gasteiger partial charge in [-0.25, -0.2) is 4.79 Å². The molecule has 0 aromatic heterocycles. The molecule has 0 saturated heterocycles. The molecule has 4 aromatic rings. The van der Waals surface area contributed by atoms with Gasteiger partial charge in [-0.3, -0.25) is 0 Å². The molecule has 194 valence electrons. The van der Waals surface area contributed by atoms with Crippen LogP contribution in [-0.4, -0.2) is 5.97 Å². The molecule has 1 heterocycles. The van der Waals surface area contributed by atoms with Gasteiger partial charge in [-0.15, -0.1) is 0 Å². The van der Waals surface area contributed by atoms with E-state index in [1.165, 1.54) is 0 Å². The Hall–Kier alpha value is -5.02. The molecule has 0 aliphatic carbocycles. The summed E-state index contributed by atoms with van der Waals surface area (Å²) in [6.45, 7) is 6.35. The number of ether oxygens (including phenoxy) is 3. The number of rotatable bonds is 5. The minimum atomic E-state index is -0.479. The first-order valence-corrected chi connectivity index (χ1v) is 12.6. The molecule has 6 nitrogen and oxygen atoms in total. The third-order valence-electron chi connectivity index (χ3n) is 6.56. The maximum absolute atomic E-state index is 12.8. The van der Waals surface area contributed by atoms with Gasteiger partial charge in [0.15, 0.2) is 0 Å². The number of nitrogens with two attached hydrogens (primary N) is 1. The summed E-state index contributed by atoms with van der Waals surface area (Å²) >= 11 is 0. The first-order chi connectivity index (χ1) is 18.7. The van der Waals surface area contributed by atoms with Gasteiger partial charge >= 0.3 is 5.97 Å². The predicted octanol–water partition coefficient (Wildman–Crippen LogP) is 7.21. The van der Waals surface area contributed by atoms with Crippen LogP contribution in [0.1, 0.15) is 53.7 Å². The normalized spacial score (nSPS) is 14.6. The summed E-state index contributed by atoms with van der Waals surface area (Å²) in [4.78, 5) is 12.8. The molecule has 0 fully saturated rings. The van der Waals surface area contributed by atoms with Crippen LogP contribution in [0.5, 0.6) is 23.0 Å². The van der Waals surface area contributed by atoms with Gasteiger partial charge in [-0.1, -0.05) is 69.3 Å². The quantitative estimate of drug-likeness (QED) is 0.222. The number of benzene rings is 4. The molecular weight excluding hydrogens is 488 g/mol. The van der Waals surface area contributed by atoms with Crippen molar-refractivity contribution < 1.29 is 19.0 Å². The molecular formula is C33H28N2O4.